The molecular formula is C24H25N5O2. The molecular weight excluding hydrogens is 390 g/mol. The molecule has 0 bridgehead atoms. The van der Waals surface area contributed by atoms with Crippen LogP contribution in [-0.4, -0.2) is 34.9 Å². The van der Waals surface area contributed by atoms with E-state index in [1.165, 1.54) is 0 Å². The zero-order chi connectivity index (χ0) is 21.6. The Labute approximate surface area is 181 Å². The number of piperidine rings is 1. The molecule has 2 N–H and O–H groups in total. The van der Waals surface area contributed by atoms with E-state index in [2.05, 4.69) is 25.5 Å². The van der Waals surface area contributed by atoms with Crippen LogP contribution >= 0.6 is 0 Å². The van der Waals surface area contributed by atoms with Crippen LogP contribution in [0.15, 0.2) is 67.1 Å². The van der Waals surface area contributed by atoms with Crippen molar-refractivity contribution in [2.75, 3.05) is 28.6 Å². The molecule has 0 saturated carbocycles. The standard InChI is InChI=1S/C24H25N5O2/c1-17-6-7-22(26-16-17)28-24(31)20-4-2-3-5-21(20)27-23(30)18-10-14-29(15-11-18)19-8-12-25-13-9-19/h2-9,12-13,16,18H,10-11,14-15H2,1H3,(H,27,30)(H,26,28,31). The monoisotopic (exact) mass is 415 g/mol. The van der Waals surface area contributed by atoms with Gasteiger partial charge in [-0.3, -0.25) is 14.6 Å². The van der Waals surface area contributed by atoms with Crippen LogP contribution in [-0.2, 0) is 4.79 Å². The van der Waals surface area contributed by atoms with Gasteiger partial charge in [-0.2, -0.15) is 0 Å². The molecule has 0 atom stereocenters. The number of benzene rings is 1. The average Bonchev–Trinajstić information content (AvgIpc) is 2.81. The SMILES string of the molecule is Cc1ccc(NC(=O)c2ccccc2NC(=O)C2CCN(c3ccncc3)CC2)nc1. The first-order valence-electron chi connectivity index (χ1n) is 10.4. The molecule has 1 aromatic carbocycles. The van der Waals surface area contributed by atoms with Crippen molar-refractivity contribution in [1.82, 2.24) is 9.97 Å². The number of carbonyl (C=O) groups is 2. The second-order valence-corrected chi connectivity index (χ2v) is 7.68. The van der Waals surface area contributed by atoms with Crippen molar-refractivity contribution in [2.45, 2.75) is 19.8 Å². The summed E-state index contributed by atoms with van der Waals surface area (Å²) >= 11 is 0. The summed E-state index contributed by atoms with van der Waals surface area (Å²) in [6.45, 7) is 3.55. The molecule has 0 aliphatic carbocycles. The van der Waals surface area contributed by atoms with Crippen LogP contribution in [0.5, 0.6) is 0 Å². The van der Waals surface area contributed by atoms with Crippen molar-refractivity contribution in [1.29, 1.82) is 0 Å². The van der Waals surface area contributed by atoms with Crippen LogP contribution in [0.3, 0.4) is 0 Å². The number of anilines is 3. The first kappa shape index (κ1) is 20.5. The van der Waals surface area contributed by atoms with Crippen molar-refractivity contribution in [3.63, 3.8) is 0 Å². The largest absolute Gasteiger partial charge is 0.371 e. The second-order valence-electron chi connectivity index (χ2n) is 7.68. The molecule has 0 radical (unpaired) electrons. The third kappa shape index (κ3) is 5.06. The fraction of sp³-hybridized carbons (Fsp3) is 0.250. The number of hydrogen-bond donors (Lipinski definition) is 2. The van der Waals surface area contributed by atoms with Crippen molar-refractivity contribution >= 4 is 29.0 Å². The molecule has 31 heavy (non-hydrogen) atoms. The number of nitrogens with zero attached hydrogens (tertiary/aromatic N) is 3. The van der Waals surface area contributed by atoms with Crippen LogP contribution in [0.1, 0.15) is 28.8 Å². The maximum Gasteiger partial charge on any atom is 0.258 e. The van der Waals surface area contributed by atoms with Gasteiger partial charge in [-0.05, 0) is 55.7 Å². The molecule has 1 aliphatic rings. The van der Waals surface area contributed by atoms with E-state index in [9.17, 15) is 9.59 Å². The Morgan fingerprint density at radius 3 is 2.42 bits per heavy atom. The summed E-state index contributed by atoms with van der Waals surface area (Å²) in [5.41, 5.74) is 3.06. The van der Waals surface area contributed by atoms with Gasteiger partial charge in [-0.1, -0.05) is 18.2 Å². The third-order valence-corrected chi connectivity index (χ3v) is 5.48. The number of nitrogens with one attached hydrogen (secondary N) is 2. The van der Waals surface area contributed by atoms with Crippen LogP contribution < -0.4 is 15.5 Å². The number of amides is 2. The topological polar surface area (TPSA) is 87.2 Å². The molecule has 7 heteroatoms. The maximum absolute atomic E-state index is 12.9. The van der Waals surface area contributed by atoms with Crippen LogP contribution in [0.2, 0.25) is 0 Å². The molecule has 3 aromatic rings. The highest BCUT2D eigenvalue weighted by atomic mass is 16.2. The molecule has 1 aliphatic heterocycles. The number of hydrogen-bond acceptors (Lipinski definition) is 5. The van der Waals surface area contributed by atoms with Crippen LogP contribution in [0, 0.1) is 12.8 Å². The van der Waals surface area contributed by atoms with Crippen LogP contribution in [0.25, 0.3) is 0 Å². The first-order chi connectivity index (χ1) is 15.1. The Hall–Kier alpha value is -3.74. The van der Waals surface area contributed by atoms with Crippen LogP contribution in [0.4, 0.5) is 17.2 Å². The lowest BCUT2D eigenvalue weighted by atomic mass is 9.95. The van der Waals surface area contributed by atoms with Gasteiger partial charge < -0.3 is 15.5 Å². The minimum atomic E-state index is -0.306. The van der Waals surface area contributed by atoms with E-state index in [1.807, 2.05) is 31.2 Å². The zero-order valence-electron chi connectivity index (χ0n) is 17.4. The summed E-state index contributed by atoms with van der Waals surface area (Å²) in [7, 11) is 0. The lowest BCUT2D eigenvalue weighted by Gasteiger charge is -2.33. The van der Waals surface area contributed by atoms with E-state index < -0.39 is 0 Å². The molecule has 2 aromatic heterocycles. The summed E-state index contributed by atoms with van der Waals surface area (Å²) in [4.78, 5) is 36.2. The summed E-state index contributed by atoms with van der Waals surface area (Å²) in [5.74, 6) is 0.0241. The summed E-state index contributed by atoms with van der Waals surface area (Å²) in [5, 5.41) is 5.75. The minimum Gasteiger partial charge on any atom is -0.371 e. The predicted molar refractivity (Wildman–Crippen MR) is 121 cm³/mol. The molecule has 4 rings (SSSR count). The van der Waals surface area contributed by atoms with Gasteiger partial charge in [0.15, 0.2) is 0 Å². The van der Waals surface area contributed by atoms with Gasteiger partial charge in [0.1, 0.15) is 5.82 Å². The van der Waals surface area contributed by atoms with E-state index in [1.54, 1.807) is 42.9 Å². The van der Waals surface area contributed by atoms with Crippen molar-refractivity contribution in [2.24, 2.45) is 5.92 Å². The van der Waals surface area contributed by atoms with Gasteiger partial charge >= 0.3 is 0 Å². The molecule has 0 spiro atoms. The minimum absolute atomic E-state index is 0.0527. The van der Waals surface area contributed by atoms with E-state index in [-0.39, 0.29) is 17.7 Å². The molecule has 7 nitrogen and oxygen atoms in total. The predicted octanol–water partition coefficient (Wildman–Crippen LogP) is 3.89. The molecule has 3 heterocycles. The Balaban J connectivity index is 1.39. The van der Waals surface area contributed by atoms with Gasteiger partial charge in [0.25, 0.3) is 5.91 Å². The highest BCUT2D eigenvalue weighted by Crippen LogP contribution is 2.25. The Morgan fingerprint density at radius 2 is 1.71 bits per heavy atom. The van der Waals surface area contributed by atoms with Crippen molar-refractivity contribution in [3.8, 4) is 0 Å². The normalized spacial score (nSPS) is 14.2. The number of aromatic nitrogens is 2. The number of para-hydroxylation sites is 1. The Kier molecular flexibility index (Phi) is 6.21. The third-order valence-electron chi connectivity index (χ3n) is 5.48. The first-order valence-corrected chi connectivity index (χ1v) is 10.4. The zero-order valence-corrected chi connectivity index (χ0v) is 17.4. The van der Waals surface area contributed by atoms with Crippen molar-refractivity contribution < 1.29 is 9.59 Å². The van der Waals surface area contributed by atoms with Gasteiger partial charge in [-0.25, -0.2) is 4.98 Å². The van der Waals surface area contributed by atoms with E-state index >= 15 is 0 Å². The Morgan fingerprint density at radius 1 is 0.968 bits per heavy atom. The smallest absolute Gasteiger partial charge is 0.258 e. The quantitative estimate of drug-likeness (QED) is 0.660. The van der Waals surface area contributed by atoms with Crippen molar-refractivity contribution in [3.05, 3.63) is 78.2 Å². The summed E-state index contributed by atoms with van der Waals surface area (Å²) < 4.78 is 0. The molecule has 2 amide bonds. The number of aryl methyl sites for hydroxylation is 1. The highest BCUT2D eigenvalue weighted by molar-refractivity contribution is 6.10. The summed E-state index contributed by atoms with van der Waals surface area (Å²) in [6.07, 6.45) is 6.78. The molecule has 158 valence electrons. The fourth-order valence-electron chi connectivity index (χ4n) is 3.71. The number of carbonyl (C=O) groups excluding carboxylic acids is 2. The van der Waals surface area contributed by atoms with E-state index in [0.717, 1.165) is 37.2 Å². The lowest BCUT2D eigenvalue weighted by Crippen LogP contribution is -2.38. The van der Waals surface area contributed by atoms with Gasteiger partial charge in [0.2, 0.25) is 5.91 Å². The van der Waals surface area contributed by atoms with E-state index in [4.69, 9.17) is 0 Å². The molecule has 1 saturated heterocycles. The summed E-state index contributed by atoms with van der Waals surface area (Å²) in [6, 6.07) is 14.6. The lowest BCUT2D eigenvalue weighted by molar-refractivity contribution is -0.120. The number of pyridine rings is 2. The second kappa shape index (κ2) is 9.38. The van der Waals surface area contributed by atoms with Gasteiger partial charge in [0.05, 0.1) is 11.3 Å². The fourth-order valence-corrected chi connectivity index (χ4v) is 3.71. The van der Waals surface area contributed by atoms with Gasteiger partial charge in [-0.15, -0.1) is 0 Å². The average molecular weight is 415 g/mol. The van der Waals surface area contributed by atoms with E-state index in [0.29, 0.717) is 17.1 Å². The number of rotatable bonds is 5. The Bertz CT molecular complexity index is 1050. The molecule has 1 fully saturated rings. The molecule has 0 unspecified atom stereocenters. The maximum atomic E-state index is 12.9. The van der Waals surface area contributed by atoms with Gasteiger partial charge in [0, 0.05) is 43.3 Å². The highest BCUT2D eigenvalue weighted by Gasteiger charge is 2.26.